The summed E-state index contributed by atoms with van der Waals surface area (Å²) in [6.45, 7) is -0.386. The number of rotatable bonds is 11. The Labute approximate surface area is 160 Å². The molecule has 0 aliphatic heterocycles. The van der Waals surface area contributed by atoms with Crippen molar-refractivity contribution in [3.8, 4) is 0 Å². The number of hydrogen-bond acceptors (Lipinski definition) is 4. The van der Waals surface area contributed by atoms with E-state index in [2.05, 4.69) is 0 Å². The highest BCUT2D eigenvalue weighted by Crippen LogP contribution is 2.27. The zero-order valence-corrected chi connectivity index (χ0v) is 15.5. The molecule has 0 aromatic heterocycles. The summed E-state index contributed by atoms with van der Waals surface area (Å²) in [7, 11) is 0. The number of benzene rings is 1. The minimum absolute atomic E-state index is 0.0742. The van der Waals surface area contributed by atoms with Crippen LogP contribution in [0.2, 0.25) is 0 Å². The van der Waals surface area contributed by atoms with Gasteiger partial charge in [-0.3, -0.25) is 9.59 Å². The van der Waals surface area contributed by atoms with Crippen LogP contribution in [0, 0.1) is 11.8 Å². The van der Waals surface area contributed by atoms with E-state index in [1.54, 1.807) is 12.2 Å². The van der Waals surface area contributed by atoms with Crippen LogP contribution in [0.4, 0.5) is 0 Å². The van der Waals surface area contributed by atoms with Crippen molar-refractivity contribution in [3.63, 3.8) is 0 Å². The van der Waals surface area contributed by atoms with Crippen molar-refractivity contribution in [1.29, 1.82) is 0 Å². The van der Waals surface area contributed by atoms with Crippen molar-refractivity contribution < 1.29 is 19.8 Å². The molecule has 27 heavy (non-hydrogen) atoms. The molecule has 0 saturated carbocycles. The molecular formula is C23H28O4. The van der Waals surface area contributed by atoms with Crippen molar-refractivity contribution in [2.75, 3.05) is 6.61 Å². The fraction of sp³-hybridized carbons (Fsp3) is 0.391. The van der Waals surface area contributed by atoms with Gasteiger partial charge in [0.15, 0.2) is 11.6 Å². The van der Waals surface area contributed by atoms with Crippen LogP contribution in [-0.4, -0.2) is 34.5 Å². The quantitative estimate of drug-likeness (QED) is 0.465. The second-order valence-electron chi connectivity index (χ2n) is 6.89. The number of carbonyl (C=O) groups excluding carboxylic acids is 2. The number of unbranched alkanes of at least 4 members (excludes halogenated alkanes) is 1. The molecule has 2 rings (SSSR count). The number of aliphatic hydroxyl groups is 2. The van der Waals surface area contributed by atoms with Crippen LogP contribution in [-0.2, 0) is 16.0 Å². The van der Waals surface area contributed by atoms with Crippen molar-refractivity contribution in [2.45, 2.75) is 38.2 Å². The molecule has 4 heteroatoms. The van der Waals surface area contributed by atoms with Crippen LogP contribution >= 0.6 is 0 Å². The summed E-state index contributed by atoms with van der Waals surface area (Å²) < 4.78 is 0. The van der Waals surface area contributed by atoms with Gasteiger partial charge in [-0.25, -0.2) is 0 Å². The molecule has 0 fully saturated rings. The number of allylic oxidation sites excluding steroid dienone is 5. The SMILES string of the molecule is O=C(CO)CCC/C=C\C[C@H]1C=CC(=O)[C@@H]1/C=C/[C@@H](O)Cc1ccccc1. The van der Waals surface area contributed by atoms with Crippen LogP contribution in [0.15, 0.2) is 66.8 Å². The Morgan fingerprint density at radius 3 is 2.70 bits per heavy atom. The average molecular weight is 368 g/mol. The van der Waals surface area contributed by atoms with Gasteiger partial charge in [0.2, 0.25) is 0 Å². The first-order valence-corrected chi connectivity index (χ1v) is 9.50. The predicted octanol–water partition coefficient (Wildman–Crippen LogP) is 3.20. The van der Waals surface area contributed by atoms with Crippen molar-refractivity contribution in [1.82, 2.24) is 0 Å². The maximum Gasteiger partial charge on any atom is 0.162 e. The minimum atomic E-state index is -0.610. The zero-order chi connectivity index (χ0) is 19.5. The molecule has 0 spiro atoms. The lowest BCUT2D eigenvalue weighted by Crippen LogP contribution is -2.14. The standard InChI is InChI=1S/C23H28O4/c24-17-21(26)11-7-2-1-6-10-19-12-15-23(27)22(19)14-13-20(25)16-18-8-4-3-5-9-18/h1,3-6,8-9,12-15,19-20,22,24-25H,2,7,10-11,16-17H2/b6-1-,14-13+/t19-,20+,22+/m0/s1. The van der Waals surface area contributed by atoms with Gasteiger partial charge in [-0.05, 0) is 36.8 Å². The molecule has 0 radical (unpaired) electrons. The third-order valence-corrected chi connectivity index (χ3v) is 4.70. The molecule has 0 amide bonds. The van der Waals surface area contributed by atoms with E-state index >= 15 is 0 Å². The topological polar surface area (TPSA) is 74.6 Å². The lowest BCUT2D eigenvalue weighted by atomic mass is 9.90. The van der Waals surface area contributed by atoms with E-state index in [-0.39, 0.29) is 30.0 Å². The molecule has 3 atom stereocenters. The second-order valence-corrected chi connectivity index (χ2v) is 6.89. The normalized spacial score (nSPS) is 20.7. The van der Waals surface area contributed by atoms with E-state index < -0.39 is 6.10 Å². The van der Waals surface area contributed by atoms with Gasteiger partial charge < -0.3 is 10.2 Å². The number of Topliss-reactive ketones (excluding diaryl/α,β-unsaturated/α-hetero) is 1. The number of aliphatic hydroxyl groups excluding tert-OH is 2. The Balaban J connectivity index is 1.79. The molecule has 1 aromatic carbocycles. The van der Waals surface area contributed by atoms with Crippen LogP contribution in [0.1, 0.15) is 31.2 Å². The fourth-order valence-corrected chi connectivity index (χ4v) is 3.16. The number of hydrogen-bond donors (Lipinski definition) is 2. The van der Waals surface area contributed by atoms with Crippen molar-refractivity contribution >= 4 is 11.6 Å². The first-order valence-electron chi connectivity index (χ1n) is 9.50. The molecule has 0 saturated heterocycles. The average Bonchev–Trinajstić information content (AvgIpc) is 3.03. The summed E-state index contributed by atoms with van der Waals surface area (Å²) in [6, 6.07) is 9.77. The van der Waals surface area contributed by atoms with Crippen LogP contribution < -0.4 is 0 Å². The maximum absolute atomic E-state index is 12.1. The third kappa shape index (κ3) is 7.45. The van der Waals surface area contributed by atoms with Crippen LogP contribution in [0.3, 0.4) is 0 Å². The monoisotopic (exact) mass is 368 g/mol. The van der Waals surface area contributed by atoms with Gasteiger partial charge in [0.05, 0.1) is 6.10 Å². The van der Waals surface area contributed by atoms with Crippen LogP contribution in [0.5, 0.6) is 0 Å². The summed E-state index contributed by atoms with van der Waals surface area (Å²) in [5.41, 5.74) is 1.06. The Kier molecular flexibility index (Phi) is 8.89. The van der Waals surface area contributed by atoms with Gasteiger partial charge >= 0.3 is 0 Å². The van der Waals surface area contributed by atoms with Gasteiger partial charge in [0.25, 0.3) is 0 Å². The molecule has 1 aliphatic carbocycles. The summed E-state index contributed by atoms with van der Waals surface area (Å²) in [5.74, 6) is -0.180. The maximum atomic E-state index is 12.1. The molecule has 0 heterocycles. The Morgan fingerprint density at radius 2 is 1.96 bits per heavy atom. The van der Waals surface area contributed by atoms with E-state index in [1.165, 1.54) is 0 Å². The van der Waals surface area contributed by atoms with E-state index in [4.69, 9.17) is 5.11 Å². The highest BCUT2D eigenvalue weighted by molar-refractivity contribution is 5.95. The summed E-state index contributed by atoms with van der Waals surface area (Å²) in [4.78, 5) is 23.1. The molecule has 0 unspecified atom stereocenters. The minimum Gasteiger partial charge on any atom is -0.389 e. The Hall–Kier alpha value is -2.30. The predicted molar refractivity (Wildman–Crippen MR) is 106 cm³/mol. The smallest absolute Gasteiger partial charge is 0.162 e. The third-order valence-electron chi connectivity index (χ3n) is 4.70. The fourth-order valence-electron chi connectivity index (χ4n) is 3.16. The number of ketones is 2. The molecule has 0 bridgehead atoms. The van der Waals surface area contributed by atoms with Crippen LogP contribution in [0.25, 0.3) is 0 Å². The number of carbonyl (C=O) groups is 2. The molecular weight excluding hydrogens is 340 g/mol. The molecule has 1 aliphatic rings. The van der Waals surface area contributed by atoms with E-state index in [1.807, 2.05) is 54.6 Å². The highest BCUT2D eigenvalue weighted by atomic mass is 16.3. The van der Waals surface area contributed by atoms with Gasteiger partial charge in [0.1, 0.15) is 6.61 Å². The van der Waals surface area contributed by atoms with E-state index in [0.29, 0.717) is 12.8 Å². The van der Waals surface area contributed by atoms with Gasteiger partial charge in [0, 0.05) is 18.8 Å². The molecule has 4 nitrogen and oxygen atoms in total. The van der Waals surface area contributed by atoms with Gasteiger partial charge in [-0.15, -0.1) is 0 Å². The molecule has 144 valence electrons. The molecule has 2 N–H and O–H groups in total. The first-order chi connectivity index (χ1) is 13.1. The Bertz CT molecular complexity index is 688. The van der Waals surface area contributed by atoms with Crippen molar-refractivity contribution in [2.24, 2.45) is 11.8 Å². The highest BCUT2D eigenvalue weighted by Gasteiger charge is 2.26. The lowest BCUT2D eigenvalue weighted by Gasteiger charge is -2.13. The summed E-state index contributed by atoms with van der Waals surface area (Å²) >= 11 is 0. The second kappa shape index (κ2) is 11.4. The largest absolute Gasteiger partial charge is 0.389 e. The first kappa shape index (κ1) is 21.0. The van der Waals surface area contributed by atoms with E-state index in [0.717, 1.165) is 24.8 Å². The summed E-state index contributed by atoms with van der Waals surface area (Å²) in [6.07, 6.45) is 13.7. The van der Waals surface area contributed by atoms with Gasteiger partial charge in [-0.1, -0.05) is 60.7 Å². The summed E-state index contributed by atoms with van der Waals surface area (Å²) in [5, 5.41) is 18.9. The zero-order valence-electron chi connectivity index (χ0n) is 15.5. The van der Waals surface area contributed by atoms with Gasteiger partial charge in [-0.2, -0.15) is 0 Å². The van der Waals surface area contributed by atoms with Crippen molar-refractivity contribution in [3.05, 3.63) is 72.4 Å². The lowest BCUT2D eigenvalue weighted by molar-refractivity contribution is -0.121. The molecule has 1 aromatic rings. The van der Waals surface area contributed by atoms with E-state index in [9.17, 15) is 14.7 Å². The Morgan fingerprint density at radius 1 is 1.19 bits per heavy atom.